The van der Waals surface area contributed by atoms with E-state index < -0.39 is 0 Å². The number of nitrogens with zero attached hydrogens (tertiary/aromatic N) is 2. The smallest absolute Gasteiger partial charge is 0.225 e. The first kappa shape index (κ1) is 21.9. The van der Waals surface area contributed by atoms with Gasteiger partial charge in [-0.1, -0.05) is 75.6 Å². The van der Waals surface area contributed by atoms with Crippen LogP contribution in [0.1, 0.15) is 81.9 Å². The predicted octanol–water partition coefficient (Wildman–Crippen LogP) is 5.67. The highest BCUT2D eigenvalue weighted by atomic mass is 16.3. The van der Waals surface area contributed by atoms with Crippen LogP contribution in [-0.2, 0) is 17.8 Å². The Labute approximate surface area is 185 Å². The number of amides is 1. The van der Waals surface area contributed by atoms with E-state index in [2.05, 4.69) is 10.3 Å². The molecule has 2 saturated carbocycles. The second-order valence-corrected chi connectivity index (χ2v) is 9.37. The molecular formula is C26H35N3O2. The Bertz CT molecular complexity index is 853. The standard InChI is InChI=1S/C26H35N3O2/c30-18-21-11-13-22(14-12-21)24-17-27-26(23(28-24)15-19-7-3-1-4-8-19)29-25(31)16-20-9-5-2-6-10-20/h11-14,17,19-20,30H,1-10,15-16,18H2,(H,27,29,31). The van der Waals surface area contributed by atoms with Gasteiger partial charge < -0.3 is 10.4 Å². The molecule has 2 aromatic rings. The van der Waals surface area contributed by atoms with Crippen molar-refractivity contribution in [3.05, 3.63) is 41.7 Å². The summed E-state index contributed by atoms with van der Waals surface area (Å²) in [5, 5.41) is 12.4. The molecule has 5 nitrogen and oxygen atoms in total. The van der Waals surface area contributed by atoms with Crippen LogP contribution in [0.2, 0.25) is 0 Å². The number of rotatable bonds is 7. The van der Waals surface area contributed by atoms with Crippen molar-refractivity contribution in [1.82, 2.24) is 9.97 Å². The number of hydrogen-bond donors (Lipinski definition) is 2. The molecule has 2 aliphatic carbocycles. The van der Waals surface area contributed by atoms with Crippen molar-refractivity contribution in [2.75, 3.05) is 5.32 Å². The maximum absolute atomic E-state index is 12.7. The fraction of sp³-hybridized carbons (Fsp3) is 0.577. The van der Waals surface area contributed by atoms with Gasteiger partial charge in [0.05, 0.1) is 24.2 Å². The van der Waals surface area contributed by atoms with Crippen LogP contribution in [0.5, 0.6) is 0 Å². The van der Waals surface area contributed by atoms with Gasteiger partial charge in [0.15, 0.2) is 5.82 Å². The Morgan fingerprint density at radius 3 is 2.23 bits per heavy atom. The van der Waals surface area contributed by atoms with Crippen molar-refractivity contribution >= 4 is 11.7 Å². The Kier molecular flexibility index (Phi) is 7.68. The molecule has 1 aromatic carbocycles. The summed E-state index contributed by atoms with van der Waals surface area (Å²) in [6, 6.07) is 7.78. The van der Waals surface area contributed by atoms with E-state index in [4.69, 9.17) is 4.98 Å². The maximum Gasteiger partial charge on any atom is 0.225 e. The fourth-order valence-electron chi connectivity index (χ4n) is 5.10. The van der Waals surface area contributed by atoms with E-state index in [0.29, 0.717) is 24.1 Å². The van der Waals surface area contributed by atoms with Gasteiger partial charge in [-0.05, 0) is 36.7 Å². The largest absolute Gasteiger partial charge is 0.392 e. The normalized spacial score (nSPS) is 18.1. The van der Waals surface area contributed by atoms with Gasteiger partial charge in [-0.15, -0.1) is 0 Å². The molecule has 2 aliphatic rings. The number of carbonyl (C=O) groups excluding carboxylic acids is 1. The molecule has 4 rings (SSSR count). The summed E-state index contributed by atoms with van der Waals surface area (Å²) in [6.07, 6.45) is 15.7. The highest BCUT2D eigenvalue weighted by Gasteiger charge is 2.21. The highest BCUT2D eigenvalue weighted by molar-refractivity contribution is 5.90. The van der Waals surface area contributed by atoms with E-state index >= 15 is 0 Å². The first-order valence-electron chi connectivity index (χ1n) is 12.1. The highest BCUT2D eigenvalue weighted by Crippen LogP contribution is 2.30. The minimum absolute atomic E-state index is 0.0326. The second-order valence-electron chi connectivity index (χ2n) is 9.37. The molecule has 1 heterocycles. The van der Waals surface area contributed by atoms with Gasteiger partial charge in [-0.3, -0.25) is 4.79 Å². The fourth-order valence-corrected chi connectivity index (χ4v) is 5.10. The second kappa shape index (κ2) is 10.9. The molecule has 0 aliphatic heterocycles. The van der Waals surface area contributed by atoms with Gasteiger partial charge in [-0.25, -0.2) is 9.97 Å². The number of carbonyl (C=O) groups is 1. The van der Waals surface area contributed by atoms with Crippen molar-refractivity contribution < 1.29 is 9.90 Å². The number of aliphatic hydroxyl groups excluding tert-OH is 1. The van der Waals surface area contributed by atoms with Crippen LogP contribution in [0.4, 0.5) is 5.82 Å². The molecule has 1 aromatic heterocycles. The molecule has 0 unspecified atom stereocenters. The Hall–Kier alpha value is -2.27. The van der Waals surface area contributed by atoms with Gasteiger partial charge in [-0.2, -0.15) is 0 Å². The molecular weight excluding hydrogens is 386 g/mol. The van der Waals surface area contributed by atoms with Crippen LogP contribution < -0.4 is 5.32 Å². The first-order chi connectivity index (χ1) is 15.2. The summed E-state index contributed by atoms with van der Waals surface area (Å²) < 4.78 is 0. The quantitative estimate of drug-likeness (QED) is 0.604. The first-order valence-corrected chi connectivity index (χ1v) is 12.1. The minimum atomic E-state index is 0.0326. The van der Waals surface area contributed by atoms with Crippen LogP contribution in [0, 0.1) is 11.8 Å². The lowest BCUT2D eigenvalue weighted by Gasteiger charge is -2.23. The van der Waals surface area contributed by atoms with E-state index in [9.17, 15) is 9.90 Å². The molecule has 5 heteroatoms. The number of benzene rings is 1. The number of aliphatic hydroxyl groups is 1. The lowest BCUT2D eigenvalue weighted by molar-refractivity contribution is -0.117. The maximum atomic E-state index is 12.7. The lowest BCUT2D eigenvalue weighted by Crippen LogP contribution is -2.21. The van der Waals surface area contributed by atoms with Crippen LogP contribution in [0.15, 0.2) is 30.5 Å². The van der Waals surface area contributed by atoms with E-state index in [1.807, 2.05) is 24.3 Å². The third-order valence-corrected chi connectivity index (χ3v) is 6.94. The van der Waals surface area contributed by atoms with Crippen molar-refractivity contribution in [2.45, 2.75) is 83.7 Å². The molecule has 1 amide bonds. The molecule has 2 fully saturated rings. The molecule has 0 bridgehead atoms. The van der Waals surface area contributed by atoms with Crippen LogP contribution in [0.25, 0.3) is 11.3 Å². The molecule has 31 heavy (non-hydrogen) atoms. The third kappa shape index (κ3) is 6.13. The van der Waals surface area contributed by atoms with Gasteiger partial charge in [0.25, 0.3) is 0 Å². The Balaban J connectivity index is 1.52. The topological polar surface area (TPSA) is 75.1 Å². The number of anilines is 1. The Morgan fingerprint density at radius 1 is 0.935 bits per heavy atom. The van der Waals surface area contributed by atoms with E-state index in [1.54, 1.807) is 6.20 Å². The van der Waals surface area contributed by atoms with Gasteiger partial charge in [0, 0.05) is 12.0 Å². The van der Waals surface area contributed by atoms with Crippen LogP contribution in [-0.4, -0.2) is 21.0 Å². The average molecular weight is 422 g/mol. The summed E-state index contributed by atoms with van der Waals surface area (Å²) in [5.74, 6) is 1.84. The number of nitrogens with one attached hydrogen (secondary N) is 1. The monoisotopic (exact) mass is 421 g/mol. The van der Waals surface area contributed by atoms with E-state index in [1.165, 1.54) is 51.4 Å². The molecule has 0 radical (unpaired) electrons. The van der Waals surface area contributed by atoms with Crippen molar-refractivity contribution in [3.8, 4) is 11.3 Å². The predicted molar refractivity (Wildman–Crippen MR) is 123 cm³/mol. The van der Waals surface area contributed by atoms with E-state index in [-0.39, 0.29) is 12.5 Å². The zero-order valence-electron chi connectivity index (χ0n) is 18.5. The average Bonchev–Trinajstić information content (AvgIpc) is 2.81. The van der Waals surface area contributed by atoms with Crippen molar-refractivity contribution in [1.29, 1.82) is 0 Å². The zero-order chi connectivity index (χ0) is 21.5. The lowest BCUT2D eigenvalue weighted by atomic mass is 9.86. The molecule has 166 valence electrons. The summed E-state index contributed by atoms with van der Waals surface area (Å²) in [5.41, 5.74) is 3.59. The minimum Gasteiger partial charge on any atom is -0.392 e. The number of aromatic nitrogens is 2. The van der Waals surface area contributed by atoms with Gasteiger partial charge in [0.2, 0.25) is 5.91 Å². The van der Waals surface area contributed by atoms with Crippen molar-refractivity contribution in [2.24, 2.45) is 11.8 Å². The molecule has 0 spiro atoms. The third-order valence-electron chi connectivity index (χ3n) is 6.94. The Morgan fingerprint density at radius 2 is 1.58 bits per heavy atom. The SMILES string of the molecule is O=C(CC1CCCCC1)Nc1ncc(-c2ccc(CO)cc2)nc1CC1CCCCC1. The van der Waals surface area contributed by atoms with Crippen molar-refractivity contribution in [3.63, 3.8) is 0 Å². The van der Waals surface area contributed by atoms with Gasteiger partial charge >= 0.3 is 0 Å². The number of hydrogen-bond acceptors (Lipinski definition) is 4. The van der Waals surface area contributed by atoms with Crippen LogP contribution in [0.3, 0.4) is 0 Å². The molecule has 2 N–H and O–H groups in total. The molecule has 0 saturated heterocycles. The summed E-state index contributed by atoms with van der Waals surface area (Å²) in [6.45, 7) is 0.0326. The van der Waals surface area contributed by atoms with Crippen LogP contribution >= 0.6 is 0 Å². The molecule has 0 atom stereocenters. The summed E-state index contributed by atoms with van der Waals surface area (Å²) in [7, 11) is 0. The van der Waals surface area contributed by atoms with Gasteiger partial charge in [0.1, 0.15) is 0 Å². The zero-order valence-corrected chi connectivity index (χ0v) is 18.5. The summed E-state index contributed by atoms with van der Waals surface area (Å²) in [4.78, 5) is 22.4. The summed E-state index contributed by atoms with van der Waals surface area (Å²) >= 11 is 0. The van der Waals surface area contributed by atoms with E-state index in [0.717, 1.165) is 41.8 Å².